The molecule has 0 atom stereocenters. The number of aromatic nitrogens is 2. The van der Waals surface area contributed by atoms with Gasteiger partial charge in [-0.05, 0) is 18.4 Å². The normalized spacial score (nSPS) is 16.9. The Labute approximate surface area is 98.3 Å². The summed E-state index contributed by atoms with van der Waals surface area (Å²) in [5.74, 6) is -0.735. The van der Waals surface area contributed by atoms with Gasteiger partial charge in [0, 0.05) is 16.2 Å². The van der Waals surface area contributed by atoms with Crippen LogP contribution in [-0.4, -0.2) is 21.3 Å². The van der Waals surface area contributed by atoms with Crippen molar-refractivity contribution >= 4 is 16.7 Å². The molecule has 1 heterocycles. The zero-order valence-corrected chi connectivity index (χ0v) is 9.26. The fourth-order valence-corrected chi connectivity index (χ4v) is 2.47. The van der Waals surface area contributed by atoms with Gasteiger partial charge < -0.3 is 5.11 Å². The predicted octanol–water partition coefficient (Wildman–Crippen LogP) is 2.14. The first-order valence-electron chi connectivity index (χ1n) is 5.63. The van der Waals surface area contributed by atoms with Crippen molar-refractivity contribution in [3.05, 3.63) is 36.2 Å². The number of benzene rings is 1. The summed E-state index contributed by atoms with van der Waals surface area (Å²) in [6.45, 7) is 0. The van der Waals surface area contributed by atoms with Gasteiger partial charge in [0.2, 0.25) is 0 Å². The predicted molar refractivity (Wildman–Crippen MR) is 62.7 cm³/mol. The van der Waals surface area contributed by atoms with E-state index in [0.29, 0.717) is 0 Å². The van der Waals surface area contributed by atoms with Crippen LogP contribution in [0.4, 0.5) is 0 Å². The van der Waals surface area contributed by atoms with Crippen LogP contribution in [0.3, 0.4) is 0 Å². The maximum atomic E-state index is 10.9. The Kier molecular flexibility index (Phi) is 2.11. The Hall–Kier alpha value is -1.97. The average molecular weight is 228 g/mol. The lowest BCUT2D eigenvalue weighted by Crippen LogP contribution is -2.13. The van der Waals surface area contributed by atoms with Gasteiger partial charge in [-0.3, -0.25) is 4.79 Å². The molecule has 17 heavy (non-hydrogen) atoms. The number of carboxylic acid groups (broad SMARTS) is 1. The minimum absolute atomic E-state index is 0.172. The second kappa shape index (κ2) is 3.52. The summed E-state index contributed by atoms with van der Waals surface area (Å²) >= 11 is 0. The molecule has 4 heteroatoms. The summed E-state index contributed by atoms with van der Waals surface area (Å²) in [5, 5.41) is 18.8. The van der Waals surface area contributed by atoms with E-state index in [1.54, 1.807) is 12.4 Å². The van der Waals surface area contributed by atoms with Gasteiger partial charge in [0.25, 0.3) is 0 Å². The second-order valence-electron chi connectivity index (χ2n) is 4.65. The first-order valence-corrected chi connectivity index (χ1v) is 5.63. The van der Waals surface area contributed by atoms with Crippen LogP contribution in [0, 0.1) is 0 Å². The van der Waals surface area contributed by atoms with Crippen LogP contribution >= 0.6 is 0 Å². The number of carbonyl (C=O) groups is 1. The molecule has 0 spiro atoms. The standard InChI is InChI=1S/C13H12N2O2/c16-12(17)6-13(4-5-13)11-3-1-2-9-7-14-15-8-10(9)11/h1-3,7-8H,4-6H2,(H,16,17). The minimum atomic E-state index is -0.735. The Morgan fingerprint density at radius 3 is 2.76 bits per heavy atom. The lowest BCUT2D eigenvalue weighted by molar-refractivity contribution is -0.137. The van der Waals surface area contributed by atoms with E-state index in [-0.39, 0.29) is 11.8 Å². The third-order valence-electron chi connectivity index (χ3n) is 3.50. The smallest absolute Gasteiger partial charge is 0.304 e. The van der Waals surface area contributed by atoms with Gasteiger partial charge in [0.15, 0.2) is 0 Å². The molecule has 1 aromatic heterocycles. The zero-order valence-electron chi connectivity index (χ0n) is 9.26. The van der Waals surface area contributed by atoms with Crippen molar-refractivity contribution < 1.29 is 9.90 Å². The van der Waals surface area contributed by atoms with Crippen LogP contribution in [-0.2, 0) is 10.2 Å². The van der Waals surface area contributed by atoms with Gasteiger partial charge in [0.1, 0.15) is 0 Å². The third kappa shape index (κ3) is 1.65. The molecule has 0 saturated heterocycles. The van der Waals surface area contributed by atoms with Crippen molar-refractivity contribution in [2.75, 3.05) is 0 Å². The van der Waals surface area contributed by atoms with Crippen molar-refractivity contribution in [1.29, 1.82) is 0 Å². The van der Waals surface area contributed by atoms with Gasteiger partial charge in [-0.15, -0.1) is 0 Å². The number of carboxylic acids is 1. The fraction of sp³-hybridized carbons (Fsp3) is 0.308. The summed E-state index contributed by atoms with van der Waals surface area (Å²) in [6, 6.07) is 5.95. The number of hydrogen-bond donors (Lipinski definition) is 1. The molecule has 0 aliphatic heterocycles. The number of hydrogen-bond acceptors (Lipinski definition) is 3. The maximum absolute atomic E-state index is 10.9. The van der Waals surface area contributed by atoms with E-state index in [0.717, 1.165) is 29.2 Å². The monoisotopic (exact) mass is 228 g/mol. The Balaban J connectivity index is 2.15. The van der Waals surface area contributed by atoms with Crippen molar-refractivity contribution in [3.8, 4) is 0 Å². The first-order chi connectivity index (χ1) is 8.21. The molecule has 1 fully saturated rings. The SMILES string of the molecule is O=C(O)CC1(c2cccc3cnncc23)CC1. The third-order valence-corrected chi connectivity index (χ3v) is 3.50. The highest BCUT2D eigenvalue weighted by Crippen LogP contribution is 2.52. The molecule has 1 aliphatic rings. The molecule has 1 N–H and O–H groups in total. The number of aliphatic carboxylic acids is 1. The Morgan fingerprint density at radius 2 is 2.06 bits per heavy atom. The van der Waals surface area contributed by atoms with Gasteiger partial charge >= 0.3 is 5.97 Å². The van der Waals surface area contributed by atoms with Crippen molar-refractivity contribution in [2.24, 2.45) is 0 Å². The molecule has 0 unspecified atom stereocenters. The van der Waals surface area contributed by atoms with Gasteiger partial charge in [-0.1, -0.05) is 18.2 Å². The van der Waals surface area contributed by atoms with Crippen LogP contribution in [0.5, 0.6) is 0 Å². The van der Waals surface area contributed by atoms with E-state index in [1.807, 2.05) is 18.2 Å². The van der Waals surface area contributed by atoms with E-state index >= 15 is 0 Å². The highest BCUT2D eigenvalue weighted by Gasteiger charge is 2.46. The summed E-state index contributed by atoms with van der Waals surface area (Å²) in [4.78, 5) is 10.9. The van der Waals surface area contributed by atoms with Crippen LogP contribution in [0.15, 0.2) is 30.6 Å². The molecular formula is C13H12N2O2. The van der Waals surface area contributed by atoms with E-state index in [1.165, 1.54) is 0 Å². The van der Waals surface area contributed by atoms with E-state index in [2.05, 4.69) is 10.2 Å². The molecule has 0 bridgehead atoms. The topological polar surface area (TPSA) is 63.1 Å². The average Bonchev–Trinajstić information content (AvgIpc) is 3.08. The quantitative estimate of drug-likeness (QED) is 0.874. The molecule has 2 aromatic rings. The number of fused-ring (bicyclic) bond motifs is 1. The van der Waals surface area contributed by atoms with Gasteiger partial charge in [-0.2, -0.15) is 10.2 Å². The first kappa shape index (κ1) is 10.2. The Bertz CT molecular complexity index is 585. The summed E-state index contributed by atoms with van der Waals surface area (Å²) in [5.41, 5.74) is 0.932. The molecule has 1 aliphatic carbocycles. The number of rotatable bonds is 3. The maximum Gasteiger partial charge on any atom is 0.304 e. The van der Waals surface area contributed by atoms with Gasteiger partial charge in [-0.25, -0.2) is 0 Å². The van der Waals surface area contributed by atoms with Crippen LogP contribution < -0.4 is 0 Å². The second-order valence-corrected chi connectivity index (χ2v) is 4.65. The number of nitrogens with zero attached hydrogens (tertiary/aromatic N) is 2. The largest absolute Gasteiger partial charge is 0.481 e. The highest BCUT2D eigenvalue weighted by molar-refractivity contribution is 5.86. The van der Waals surface area contributed by atoms with Gasteiger partial charge in [0.05, 0.1) is 18.8 Å². The molecule has 4 nitrogen and oxygen atoms in total. The van der Waals surface area contributed by atoms with Crippen molar-refractivity contribution in [2.45, 2.75) is 24.7 Å². The summed E-state index contributed by atoms with van der Waals surface area (Å²) in [7, 11) is 0. The van der Waals surface area contributed by atoms with Crippen LogP contribution in [0.1, 0.15) is 24.8 Å². The molecule has 1 aromatic carbocycles. The highest BCUT2D eigenvalue weighted by atomic mass is 16.4. The summed E-state index contributed by atoms with van der Waals surface area (Å²) in [6.07, 6.45) is 5.54. The molecular weight excluding hydrogens is 216 g/mol. The molecule has 0 amide bonds. The van der Waals surface area contributed by atoms with Crippen molar-refractivity contribution in [1.82, 2.24) is 10.2 Å². The van der Waals surface area contributed by atoms with Crippen molar-refractivity contribution in [3.63, 3.8) is 0 Å². The Morgan fingerprint density at radius 1 is 1.29 bits per heavy atom. The summed E-state index contributed by atoms with van der Waals surface area (Å²) < 4.78 is 0. The van der Waals surface area contributed by atoms with E-state index in [4.69, 9.17) is 5.11 Å². The van der Waals surface area contributed by atoms with Crippen LogP contribution in [0.25, 0.3) is 10.8 Å². The molecule has 0 radical (unpaired) electrons. The van der Waals surface area contributed by atoms with E-state index in [9.17, 15) is 4.79 Å². The molecule has 1 saturated carbocycles. The fourth-order valence-electron chi connectivity index (χ4n) is 2.47. The molecule has 3 rings (SSSR count). The zero-order chi connectivity index (χ0) is 11.9. The lowest BCUT2D eigenvalue weighted by atomic mass is 9.89. The molecule has 86 valence electrons. The van der Waals surface area contributed by atoms with Crippen LogP contribution in [0.2, 0.25) is 0 Å². The van der Waals surface area contributed by atoms with E-state index < -0.39 is 5.97 Å². The minimum Gasteiger partial charge on any atom is -0.481 e. The lowest BCUT2D eigenvalue weighted by Gasteiger charge is -2.15.